The minimum Gasteiger partial charge on any atom is -0.330 e. The summed E-state index contributed by atoms with van der Waals surface area (Å²) in [6.45, 7) is 12.1. The SMILES string of the molecule is CCCN(CCC)C(C)c1ccc(C(C)CN)cc1. The average molecular weight is 262 g/mol. The van der Waals surface area contributed by atoms with Gasteiger partial charge in [-0.25, -0.2) is 0 Å². The van der Waals surface area contributed by atoms with Crippen molar-refractivity contribution in [1.82, 2.24) is 4.90 Å². The molecule has 0 saturated heterocycles. The lowest BCUT2D eigenvalue weighted by Gasteiger charge is -2.29. The number of rotatable bonds is 8. The lowest BCUT2D eigenvalue weighted by atomic mass is 9.97. The third-order valence-corrected chi connectivity index (χ3v) is 3.91. The van der Waals surface area contributed by atoms with Gasteiger partial charge in [0.1, 0.15) is 0 Å². The molecule has 0 amide bonds. The van der Waals surface area contributed by atoms with Gasteiger partial charge in [-0.3, -0.25) is 4.90 Å². The highest BCUT2D eigenvalue weighted by molar-refractivity contribution is 5.27. The van der Waals surface area contributed by atoms with Gasteiger partial charge < -0.3 is 5.73 Å². The maximum absolute atomic E-state index is 5.72. The number of nitrogens with two attached hydrogens (primary N) is 1. The second-order valence-electron chi connectivity index (χ2n) is 5.52. The van der Waals surface area contributed by atoms with Gasteiger partial charge in [0.15, 0.2) is 0 Å². The lowest BCUT2D eigenvalue weighted by Crippen LogP contribution is -2.28. The molecule has 0 aromatic heterocycles. The highest BCUT2D eigenvalue weighted by Gasteiger charge is 2.14. The summed E-state index contributed by atoms with van der Waals surface area (Å²) in [5.41, 5.74) is 8.48. The van der Waals surface area contributed by atoms with Crippen LogP contribution in [0.15, 0.2) is 24.3 Å². The van der Waals surface area contributed by atoms with Crippen molar-refractivity contribution in [2.75, 3.05) is 19.6 Å². The van der Waals surface area contributed by atoms with Gasteiger partial charge in [-0.15, -0.1) is 0 Å². The molecule has 2 heteroatoms. The first-order valence-electron chi connectivity index (χ1n) is 7.67. The monoisotopic (exact) mass is 262 g/mol. The third-order valence-electron chi connectivity index (χ3n) is 3.91. The van der Waals surface area contributed by atoms with E-state index in [9.17, 15) is 0 Å². The molecule has 2 atom stereocenters. The van der Waals surface area contributed by atoms with E-state index in [1.54, 1.807) is 0 Å². The van der Waals surface area contributed by atoms with E-state index in [0.717, 1.165) is 0 Å². The second kappa shape index (κ2) is 8.34. The van der Waals surface area contributed by atoms with Crippen LogP contribution in [-0.2, 0) is 0 Å². The van der Waals surface area contributed by atoms with Crippen LogP contribution in [0, 0.1) is 0 Å². The quantitative estimate of drug-likeness (QED) is 0.769. The van der Waals surface area contributed by atoms with E-state index in [1.807, 2.05) is 0 Å². The molecule has 108 valence electrons. The van der Waals surface area contributed by atoms with Gasteiger partial charge in [-0.2, -0.15) is 0 Å². The Balaban J connectivity index is 2.77. The Morgan fingerprint density at radius 1 is 0.947 bits per heavy atom. The Hall–Kier alpha value is -0.860. The predicted octanol–water partition coefficient (Wildman–Crippen LogP) is 3.93. The zero-order valence-corrected chi connectivity index (χ0v) is 13.0. The Morgan fingerprint density at radius 2 is 1.42 bits per heavy atom. The molecular formula is C17H30N2. The number of nitrogens with zero attached hydrogens (tertiary/aromatic N) is 1. The highest BCUT2D eigenvalue weighted by Crippen LogP contribution is 2.23. The van der Waals surface area contributed by atoms with Crippen molar-refractivity contribution in [2.24, 2.45) is 5.73 Å². The maximum atomic E-state index is 5.72. The third kappa shape index (κ3) is 4.63. The van der Waals surface area contributed by atoms with Crippen LogP contribution >= 0.6 is 0 Å². The maximum Gasteiger partial charge on any atom is 0.0319 e. The van der Waals surface area contributed by atoms with E-state index in [-0.39, 0.29) is 0 Å². The number of hydrogen-bond acceptors (Lipinski definition) is 2. The van der Waals surface area contributed by atoms with Gasteiger partial charge in [-0.1, -0.05) is 45.0 Å². The van der Waals surface area contributed by atoms with Gasteiger partial charge in [0.25, 0.3) is 0 Å². The molecule has 2 nitrogen and oxygen atoms in total. The smallest absolute Gasteiger partial charge is 0.0319 e. The molecule has 0 bridgehead atoms. The van der Waals surface area contributed by atoms with Gasteiger partial charge in [0.2, 0.25) is 0 Å². The summed E-state index contributed by atoms with van der Waals surface area (Å²) >= 11 is 0. The van der Waals surface area contributed by atoms with Crippen molar-refractivity contribution < 1.29 is 0 Å². The molecule has 0 heterocycles. The minimum atomic E-state index is 0.451. The molecule has 0 radical (unpaired) electrons. The predicted molar refractivity (Wildman–Crippen MR) is 84.5 cm³/mol. The fourth-order valence-electron chi connectivity index (χ4n) is 2.52. The average Bonchev–Trinajstić information content (AvgIpc) is 2.45. The lowest BCUT2D eigenvalue weighted by molar-refractivity contribution is 0.211. The first-order valence-corrected chi connectivity index (χ1v) is 7.67. The van der Waals surface area contributed by atoms with Crippen LogP contribution in [-0.4, -0.2) is 24.5 Å². The molecule has 1 aromatic carbocycles. The molecule has 2 N–H and O–H groups in total. The Kier molecular flexibility index (Phi) is 7.11. The van der Waals surface area contributed by atoms with Crippen LogP contribution in [0.5, 0.6) is 0 Å². The van der Waals surface area contributed by atoms with E-state index in [4.69, 9.17) is 5.73 Å². The van der Waals surface area contributed by atoms with Gasteiger partial charge in [0, 0.05) is 6.04 Å². The van der Waals surface area contributed by atoms with Gasteiger partial charge in [-0.05, 0) is 56.4 Å². The molecule has 0 aliphatic heterocycles. The number of benzene rings is 1. The van der Waals surface area contributed by atoms with Crippen LogP contribution in [0.4, 0.5) is 0 Å². The second-order valence-corrected chi connectivity index (χ2v) is 5.52. The molecule has 0 aliphatic carbocycles. The highest BCUT2D eigenvalue weighted by atomic mass is 15.1. The summed E-state index contributed by atoms with van der Waals surface area (Å²) < 4.78 is 0. The van der Waals surface area contributed by atoms with E-state index >= 15 is 0 Å². The molecule has 0 aliphatic rings. The standard InChI is InChI=1S/C17H30N2/c1-5-11-19(12-6-2)15(4)17-9-7-16(8-10-17)14(3)13-18/h7-10,14-15H,5-6,11-13,18H2,1-4H3. The van der Waals surface area contributed by atoms with Crippen molar-refractivity contribution in [3.05, 3.63) is 35.4 Å². The summed E-state index contributed by atoms with van der Waals surface area (Å²) in [6, 6.07) is 9.51. The van der Waals surface area contributed by atoms with E-state index in [0.29, 0.717) is 18.5 Å². The topological polar surface area (TPSA) is 29.3 Å². The Bertz CT molecular complexity index is 339. The Labute approximate surface area is 119 Å². The normalized spacial score (nSPS) is 14.6. The summed E-state index contributed by atoms with van der Waals surface area (Å²) in [6.07, 6.45) is 2.43. The van der Waals surface area contributed by atoms with Crippen LogP contribution in [0.2, 0.25) is 0 Å². The Morgan fingerprint density at radius 3 is 1.84 bits per heavy atom. The zero-order valence-electron chi connectivity index (χ0n) is 13.0. The first-order chi connectivity index (χ1) is 9.13. The minimum absolute atomic E-state index is 0.451. The van der Waals surface area contributed by atoms with Crippen molar-refractivity contribution in [3.63, 3.8) is 0 Å². The molecule has 19 heavy (non-hydrogen) atoms. The van der Waals surface area contributed by atoms with E-state index in [2.05, 4.69) is 56.9 Å². The van der Waals surface area contributed by atoms with Crippen molar-refractivity contribution >= 4 is 0 Å². The fourth-order valence-corrected chi connectivity index (χ4v) is 2.52. The fraction of sp³-hybridized carbons (Fsp3) is 0.647. The first kappa shape index (κ1) is 16.2. The molecule has 0 saturated carbocycles. The van der Waals surface area contributed by atoms with E-state index in [1.165, 1.54) is 37.1 Å². The van der Waals surface area contributed by atoms with Crippen molar-refractivity contribution in [3.8, 4) is 0 Å². The molecule has 2 unspecified atom stereocenters. The molecule has 1 rings (SSSR count). The molecular weight excluding hydrogens is 232 g/mol. The van der Waals surface area contributed by atoms with Crippen LogP contribution in [0.3, 0.4) is 0 Å². The molecule has 0 spiro atoms. The van der Waals surface area contributed by atoms with Gasteiger partial charge in [0.05, 0.1) is 0 Å². The van der Waals surface area contributed by atoms with Crippen LogP contribution in [0.25, 0.3) is 0 Å². The van der Waals surface area contributed by atoms with Crippen LogP contribution < -0.4 is 5.73 Å². The molecule has 1 aromatic rings. The summed E-state index contributed by atoms with van der Waals surface area (Å²) in [4.78, 5) is 2.57. The molecule has 0 fully saturated rings. The largest absolute Gasteiger partial charge is 0.330 e. The summed E-state index contributed by atoms with van der Waals surface area (Å²) in [5, 5.41) is 0. The number of hydrogen-bond donors (Lipinski definition) is 1. The van der Waals surface area contributed by atoms with E-state index < -0.39 is 0 Å². The summed E-state index contributed by atoms with van der Waals surface area (Å²) in [7, 11) is 0. The van der Waals surface area contributed by atoms with Crippen LogP contribution in [0.1, 0.15) is 63.6 Å². The van der Waals surface area contributed by atoms with Crippen molar-refractivity contribution in [2.45, 2.75) is 52.5 Å². The summed E-state index contributed by atoms with van der Waals surface area (Å²) in [5.74, 6) is 0.451. The van der Waals surface area contributed by atoms with Crippen molar-refractivity contribution in [1.29, 1.82) is 0 Å². The van der Waals surface area contributed by atoms with Gasteiger partial charge >= 0.3 is 0 Å². The zero-order chi connectivity index (χ0) is 14.3.